The molecule has 168 valence electrons. The molecule has 1 heterocycles. The van der Waals surface area contributed by atoms with Crippen LogP contribution in [0.2, 0.25) is 0 Å². The van der Waals surface area contributed by atoms with Crippen LogP contribution in [0, 0.1) is 28.6 Å². The van der Waals surface area contributed by atoms with Crippen molar-refractivity contribution >= 4 is 11.6 Å². The van der Waals surface area contributed by atoms with E-state index < -0.39 is 29.0 Å². The van der Waals surface area contributed by atoms with Gasteiger partial charge in [0.15, 0.2) is 12.4 Å². The number of hydrogen-bond acceptors (Lipinski definition) is 4. The lowest BCUT2D eigenvalue weighted by Crippen LogP contribution is -2.10. The molecular weight excluding hydrogens is 443 g/mol. The van der Waals surface area contributed by atoms with Gasteiger partial charge in [0, 0.05) is 5.92 Å². The summed E-state index contributed by atoms with van der Waals surface area (Å²) < 4.78 is 55.6. The van der Waals surface area contributed by atoms with Crippen LogP contribution < -0.4 is 4.74 Å². The van der Waals surface area contributed by atoms with Gasteiger partial charge in [0.1, 0.15) is 22.6 Å². The Labute approximate surface area is 189 Å². The van der Waals surface area contributed by atoms with Crippen LogP contribution in [-0.2, 0) is 9.47 Å². The molecular formula is C24H21ClF3NO3. The minimum absolute atomic E-state index is 0.171. The van der Waals surface area contributed by atoms with Gasteiger partial charge >= 0.3 is 6.18 Å². The maximum Gasteiger partial charge on any atom is 0.426 e. The first-order chi connectivity index (χ1) is 15.1. The Morgan fingerprint density at radius 3 is 2.50 bits per heavy atom. The molecule has 2 aromatic carbocycles. The minimum atomic E-state index is -4.57. The third kappa shape index (κ3) is 4.78. The minimum Gasteiger partial charge on any atom is -0.457 e. The number of alkyl halides is 3. The monoisotopic (exact) mass is 463 g/mol. The van der Waals surface area contributed by atoms with Gasteiger partial charge in [-0.3, -0.25) is 0 Å². The molecule has 1 saturated carbocycles. The van der Waals surface area contributed by atoms with Crippen molar-refractivity contribution in [2.75, 3.05) is 0 Å². The van der Waals surface area contributed by atoms with Gasteiger partial charge < -0.3 is 14.2 Å². The molecule has 0 aromatic heterocycles. The van der Waals surface area contributed by atoms with E-state index in [1.807, 2.05) is 44.2 Å². The molecule has 32 heavy (non-hydrogen) atoms. The van der Waals surface area contributed by atoms with Crippen molar-refractivity contribution in [3.05, 3.63) is 71.3 Å². The highest BCUT2D eigenvalue weighted by molar-refractivity contribution is 6.30. The van der Waals surface area contributed by atoms with E-state index >= 15 is 0 Å². The average Bonchev–Trinajstić information content (AvgIpc) is 3.61. The van der Waals surface area contributed by atoms with Crippen LogP contribution in [0.3, 0.4) is 0 Å². The van der Waals surface area contributed by atoms with E-state index in [1.54, 1.807) is 24.3 Å². The van der Waals surface area contributed by atoms with Gasteiger partial charge in [0.05, 0.1) is 6.07 Å². The Morgan fingerprint density at radius 1 is 1.16 bits per heavy atom. The fourth-order valence-corrected chi connectivity index (χ4v) is 4.21. The second-order valence-electron chi connectivity index (χ2n) is 8.49. The van der Waals surface area contributed by atoms with Crippen molar-refractivity contribution in [3.63, 3.8) is 0 Å². The van der Waals surface area contributed by atoms with E-state index in [0.29, 0.717) is 17.1 Å². The lowest BCUT2D eigenvalue weighted by Gasteiger charge is -2.12. The van der Waals surface area contributed by atoms with E-state index in [9.17, 15) is 18.4 Å². The third-order valence-corrected chi connectivity index (χ3v) is 6.30. The number of nitrogens with zero attached hydrogens (tertiary/aromatic N) is 1. The molecule has 0 spiro atoms. The second kappa shape index (κ2) is 8.43. The first-order valence-electron chi connectivity index (χ1n) is 10.1. The first-order valence-corrected chi connectivity index (χ1v) is 10.5. The Balaban J connectivity index is 1.40. The highest BCUT2D eigenvalue weighted by Crippen LogP contribution is 2.65. The standard InChI is InChI=1S/C24H21ClF3NO3/c1-23(2)17(12-19(25)24(26,27)28)20(23)21-22(32-21)31-18(13-29)14-7-6-10-16(11-14)30-15-8-4-3-5-9-15/h3-12,17-18,20-22H,1-2H3/b19-12-. The Morgan fingerprint density at radius 2 is 1.84 bits per heavy atom. The molecule has 4 rings (SSSR count). The Bertz CT molecular complexity index is 1050. The molecule has 1 aliphatic carbocycles. The van der Waals surface area contributed by atoms with E-state index in [-0.39, 0.29) is 17.9 Å². The quantitative estimate of drug-likeness (QED) is 0.426. The van der Waals surface area contributed by atoms with Gasteiger partial charge in [-0.15, -0.1) is 0 Å². The largest absolute Gasteiger partial charge is 0.457 e. The van der Waals surface area contributed by atoms with Crippen LogP contribution in [0.4, 0.5) is 13.2 Å². The first kappa shape index (κ1) is 22.7. The van der Waals surface area contributed by atoms with Crippen molar-refractivity contribution in [2.45, 2.75) is 38.5 Å². The van der Waals surface area contributed by atoms with E-state index in [2.05, 4.69) is 6.07 Å². The van der Waals surface area contributed by atoms with Gasteiger partial charge in [-0.2, -0.15) is 18.4 Å². The molecule has 4 nitrogen and oxygen atoms in total. The smallest absolute Gasteiger partial charge is 0.426 e. The number of benzene rings is 2. The molecule has 0 N–H and O–H groups in total. The summed E-state index contributed by atoms with van der Waals surface area (Å²) in [7, 11) is 0. The van der Waals surface area contributed by atoms with Crippen LogP contribution >= 0.6 is 11.6 Å². The van der Waals surface area contributed by atoms with Gasteiger partial charge in [0.25, 0.3) is 0 Å². The summed E-state index contributed by atoms with van der Waals surface area (Å²) in [6.07, 6.45) is -5.46. The van der Waals surface area contributed by atoms with E-state index in [1.165, 1.54) is 0 Å². The summed E-state index contributed by atoms with van der Waals surface area (Å²) in [5.41, 5.74) is 0.196. The number of halogens is 4. The van der Waals surface area contributed by atoms with Crippen molar-refractivity contribution in [1.82, 2.24) is 0 Å². The molecule has 2 aliphatic rings. The van der Waals surface area contributed by atoms with Crippen LogP contribution in [0.5, 0.6) is 11.5 Å². The molecule has 0 amide bonds. The van der Waals surface area contributed by atoms with Gasteiger partial charge in [-0.25, -0.2) is 0 Å². The molecule has 1 aliphatic heterocycles. The predicted molar refractivity (Wildman–Crippen MR) is 112 cm³/mol. The third-order valence-electron chi connectivity index (χ3n) is 5.96. The summed E-state index contributed by atoms with van der Waals surface area (Å²) >= 11 is 5.41. The van der Waals surface area contributed by atoms with Crippen molar-refractivity contribution < 1.29 is 27.4 Å². The number of epoxide rings is 1. The molecule has 0 radical (unpaired) electrons. The zero-order valence-electron chi connectivity index (χ0n) is 17.3. The number of allylic oxidation sites excluding steroid dienone is 2. The molecule has 0 bridgehead atoms. The van der Waals surface area contributed by atoms with Crippen molar-refractivity contribution in [3.8, 4) is 17.6 Å². The fourth-order valence-electron chi connectivity index (χ4n) is 4.07. The topological polar surface area (TPSA) is 54.8 Å². The molecule has 5 unspecified atom stereocenters. The molecule has 5 atom stereocenters. The number of hydrogen-bond donors (Lipinski definition) is 0. The number of rotatable bonds is 7. The van der Waals surface area contributed by atoms with Gasteiger partial charge in [0.2, 0.25) is 0 Å². The normalized spacial score (nSPS) is 27.3. The number of para-hydroxylation sites is 1. The van der Waals surface area contributed by atoms with Crippen LogP contribution in [0.1, 0.15) is 25.5 Å². The maximum atomic E-state index is 12.8. The molecule has 2 aromatic rings. The van der Waals surface area contributed by atoms with E-state index in [0.717, 1.165) is 6.08 Å². The van der Waals surface area contributed by atoms with Gasteiger partial charge in [-0.1, -0.05) is 61.9 Å². The van der Waals surface area contributed by atoms with E-state index in [4.69, 9.17) is 25.8 Å². The average molecular weight is 464 g/mol. The second-order valence-corrected chi connectivity index (χ2v) is 8.89. The zero-order valence-corrected chi connectivity index (χ0v) is 18.1. The number of ether oxygens (including phenoxy) is 3. The molecule has 8 heteroatoms. The van der Waals surface area contributed by atoms with Crippen molar-refractivity contribution in [2.24, 2.45) is 17.3 Å². The Hall–Kier alpha value is -2.53. The summed E-state index contributed by atoms with van der Waals surface area (Å²) in [6, 6.07) is 18.3. The summed E-state index contributed by atoms with van der Waals surface area (Å²) in [5, 5.41) is 8.49. The maximum absolute atomic E-state index is 12.8. The summed E-state index contributed by atoms with van der Waals surface area (Å²) in [5.74, 6) is 0.674. The van der Waals surface area contributed by atoms with Crippen LogP contribution in [0.15, 0.2) is 65.7 Å². The number of nitriles is 1. The molecule has 2 fully saturated rings. The highest BCUT2D eigenvalue weighted by atomic mass is 35.5. The highest BCUT2D eigenvalue weighted by Gasteiger charge is 2.67. The van der Waals surface area contributed by atoms with Crippen molar-refractivity contribution in [1.29, 1.82) is 5.26 Å². The van der Waals surface area contributed by atoms with Crippen LogP contribution in [-0.4, -0.2) is 18.6 Å². The van der Waals surface area contributed by atoms with Gasteiger partial charge in [-0.05, 0) is 41.2 Å². The fraction of sp³-hybridized carbons (Fsp3) is 0.375. The Kier molecular flexibility index (Phi) is 5.97. The zero-order chi connectivity index (χ0) is 23.1. The molecule has 1 saturated heterocycles. The SMILES string of the molecule is CC1(C)C(/C=C(\Cl)C(F)(F)F)C1C1OC1OC(C#N)c1cccc(Oc2ccccc2)c1. The lowest BCUT2D eigenvalue weighted by atomic mass is 10.1. The summed E-state index contributed by atoms with van der Waals surface area (Å²) in [6.45, 7) is 3.73. The predicted octanol–water partition coefficient (Wildman–Crippen LogP) is 6.74. The van der Waals surface area contributed by atoms with Crippen LogP contribution in [0.25, 0.3) is 0 Å². The summed E-state index contributed by atoms with van der Waals surface area (Å²) in [4.78, 5) is 0. The lowest BCUT2D eigenvalue weighted by molar-refractivity contribution is -0.0848.